The van der Waals surface area contributed by atoms with Crippen molar-refractivity contribution in [3.05, 3.63) is 74.3 Å². The minimum atomic E-state index is -0.606. The van der Waals surface area contributed by atoms with E-state index in [4.69, 9.17) is 16.3 Å². The van der Waals surface area contributed by atoms with Gasteiger partial charge >= 0.3 is 0 Å². The Morgan fingerprint density at radius 2 is 2.11 bits per heavy atom. The Bertz CT molecular complexity index is 874. The van der Waals surface area contributed by atoms with Crippen LogP contribution >= 0.6 is 11.6 Å². The first-order valence-corrected chi connectivity index (χ1v) is 9.44. The van der Waals surface area contributed by atoms with Crippen molar-refractivity contribution in [3.8, 4) is 0 Å². The highest BCUT2D eigenvalue weighted by atomic mass is 35.5. The van der Waals surface area contributed by atoms with Crippen LogP contribution in [0.2, 0.25) is 5.02 Å². The van der Waals surface area contributed by atoms with E-state index < -0.39 is 10.8 Å². The maximum atomic E-state index is 12.4. The molecule has 148 valence electrons. The lowest BCUT2D eigenvalue weighted by atomic mass is 10.1. The van der Waals surface area contributed by atoms with Crippen LogP contribution in [0.4, 0.5) is 5.69 Å². The Labute approximate surface area is 168 Å². The van der Waals surface area contributed by atoms with Gasteiger partial charge in [-0.25, -0.2) is 0 Å². The largest absolute Gasteiger partial charge is 0.376 e. The Hall–Kier alpha value is -2.48. The zero-order valence-corrected chi connectivity index (χ0v) is 16.3. The van der Waals surface area contributed by atoms with Crippen molar-refractivity contribution in [2.45, 2.75) is 26.1 Å². The molecule has 0 saturated carbocycles. The number of nitro groups is 1. The SMILES string of the molecule is CC1CN(Cc2cccc(CNC(=O)c3ccc(Cl)cc3[N+](=O)[O-])c2)CCO1. The summed E-state index contributed by atoms with van der Waals surface area (Å²) in [5.74, 6) is -0.504. The smallest absolute Gasteiger partial charge is 0.283 e. The van der Waals surface area contributed by atoms with E-state index in [1.807, 2.05) is 18.2 Å². The molecule has 1 aliphatic rings. The molecule has 0 aliphatic carbocycles. The number of nitro benzene ring substituents is 1. The van der Waals surface area contributed by atoms with Gasteiger partial charge in [0.25, 0.3) is 11.6 Å². The van der Waals surface area contributed by atoms with E-state index in [1.54, 1.807) is 0 Å². The molecule has 1 saturated heterocycles. The Morgan fingerprint density at radius 3 is 2.86 bits per heavy atom. The summed E-state index contributed by atoms with van der Waals surface area (Å²) in [6.07, 6.45) is 0.228. The van der Waals surface area contributed by atoms with Crippen LogP contribution in [0.15, 0.2) is 42.5 Å². The summed E-state index contributed by atoms with van der Waals surface area (Å²) in [7, 11) is 0. The van der Waals surface area contributed by atoms with Gasteiger partial charge in [0.05, 0.1) is 17.6 Å². The van der Waals surface area contributed by atoms with E-state index >= 15 is 0 Å². The van der Waals surface area contributed by atoms with Gasteiger partial charge in [0, 0.05) is 37.3 Å². The fourth-order valence-corrected chi connectivity index (χ4v) is 3.42. The van der Waals surface area contributed by atoms with Gasteiger partial charge < -0.3 is 10.1 Å². The van der Waals surface area contributed by atoms with E-state index in [-0.39, 0.29) is 28.9 Å². The molecule has 7 nitrogen and oxygen atoms in total. The highest BCUT2D eigenvalue weighted by molar-refractivity contribution is 6.31. The molecular weight excluding hydrogens is 382 g/mol. The molecule has 2 aromatic rings. The predicted molar refractivity (Wildman–Crippen MR) is 106 cm³/mol. The summed E-state index contributed by atoms with van der Waals surface area (Å²) in [5, 5.41) is 14.1. The van der Waals surface area contributed by atoms with E-state index in [0.717, 1.165) is 37.4 Å². The lowest BCUT2D eigenvalue weighted by Crippen LogP contribution is -2.40. The van der Waals surface area contributed by atoms with E-state index in [2.05, 4.69) is 23.2 Å². The van der Waals surface area contributed by atoms with Gasteiger partial charge in [-0.2, -0.15) is 0 Å². The zero-order chi connectivity index (χ0) is 20.1. The fraction of sp³-hybridized carbons (Fsp3) is 0.350. The number of amides is 1. The summed E-state index contributed by atoms with van der Waals surface area (Å²) < 4.78 is 5.56. The Kier molecular flexibility index (Phi) is 6.61. The van der Waals surface area contributed by atoms with E-state index in [1.165, 1.54) is 18.2 Å². The number of halogens is 1. The van der Waals surface area contributed by atoms with Crippen molar-refractivity contribution < 1.29 is 14.5 Å². The maximum absolute atomic E-state index is 12.4. The molecule has 0 spiro atoms. The summed E-state index contributed by atoms with van der Waals surface area (Å²) in [4.78, 5) is 25.3. The van der Waals surface area contributed by atoms with Gasteiger partial charge in [0.1, 0.15) is 5.56 Å². The van der Waals surface area contributed by atoms with Crippen molar-refractivity contribution in [3.63, 3.8) is 0 Å². The topological polar surface area (TPSA) is 84.7 Å². The average Bonchev–Trinajstić information content (AvgIpc) is 2.66. The third-order valence-electron chi connectivity index (χ3n) is 4.58. The molecule has 1 amide bonds. The fourth-order valence-electron chi connectivity index (χ4n) is 3.26. The van der Waals surface area contributed by atoms with E-state index in [9.17, 15) is 14.9 Å². The molecule has 0 radical (unpaired) electrons. The van der Waals surface area contributed by atoms with Crippen LogP contribution in [0.25, 0.3) is 0 Å². The third-order valence-corrected chi connectivity index (χ3v) is 4.81. The average molecular weight is 404 g/mol. The third kappa shape index (κ3) is 5.28. The second-order valence-electron chi connectivity index (χ2n) is 6.84. The van der Waals surface area contributed by atoms with Crippen LogP contribution in [0.5, 0.6) is 0 Å². The van der Waals surface area contributed by atoms with Crippen molar-refractivity contribution in [1.82, 2.24) is 10.2 Å². The monoisotopic (exact) mass is 403 g/mol. The second-order valence-corrected chi connectivity index (χ2v) is 7.27. The number of nitrogens with zero attached hydrogens (tertiary/aromatic N) is 2. The summed E-state index contributed by atoms with van der Waals surface area (Å²) >= 11 is 5.80. The van der Waals surface area contributed by atoms with Gasteiger partial charge in [-0.15, -0.1) is 0 Å². The first kappa shape index (κ1) is 20.3. The van der Waals surface area contributed by atoms with Crippen LogP contribution in [0.3, 0.4) is 0 Å². The first-order chi connectivity index (χ1) is 13.4. The van der Waals surface area contributed by atoms with Crippen molar-refractivity contribution in [2.75, 3.05) is 19.7 Å². The molecule has 1 unspecified atom stereocenters. The van der Waals surface area contributed by atoms with Gasteiger partial charge in [0.15, 0.2) is 0 Å². The van der Waals surface area contributed by atoms with Crippen LogP contribution in [-0.2, 0) is 17.8 Å². The lowest BCUT2D eigenvalue weighted by molar-refractivity contribution is -0.385. The van der Waals surface area contributed by atoms with Crippen LogP contribution in [0.1, 0.15) is 28.4 Å². The number of ether oxygens (including phenoxy) is 1. The standard InChI is InChI=1S/C20H22ClN3O4/c1-14-12-23(7-8-28-14)13-16-4-2-3-15(9-16)11-22-20(25)18-6-5-17(21)10-19(18)24(26)27/h2-6,9-10,14H,7-8,11-13H2,1H3,(H,22,25). The summed E-state index contributed by atoms with van der Waals surface area (Å²) in [6, 6.07) is 12.0. The normalized spacial score (nSPS) is 17.3. The molecule has 1 heterocycles. The molecule has 28 heavy (non-hydrogen) atoms. The highest BCUT2D eigenvalue weighted by Crippen LogP contribution is 2.23. The summed E-state index contributed by atoms with van der Waals surface area (Å²) in [6.45, 7) is 5.68. The highest BCUT2D eigenvalue weighted by Gasteiger charge is 2.20. The first-order valence-electron chi connectivity index (χ1n) is 9.06. The van der Waals surface area contributed by atoms with Gasteiger partial charge in [0.2, 0.25) is 0 Å². The number of benzene rings is 2. The van der Waals surface area contributed by atoms with Crippen molar-refractivity contribution in [1.29, 1.82) is 0 Å². The minimum Gasteiger partial charge on any atom is -0.376 e. The van der Waals surface area contributed by atoms with Gasteiger partial charge in [-0.3, -0.25) is 19.8 Å². The molecule has 1 aliphatic heterocycles. The second kappa shape index (κ2) is 9.14. The molecular formula is C20H22ClN3O4. The Balaban J connectivity index is 1.63. The van der Waals surface area contributed by atoms with Crippen LogP contribution in [-0.4, -0.2) is 41.5 Å². The van der Waals surface area contributed by atoms with Crippen LogP contribution < -0.4 is 5.32 Å². The number of carbonyl (C=O) groups excluding carboxylic acids is 1. The van der Waals surface area contributed by atoms with Gasteiger partial charge in [-0.1, -0.05) is 35.9 Å². The number of morpholine rings is 1. The van der Waals surface area contributed by atoms with Crippen molar-refractivity contribution in [2.24, 2.45) is 0 Å². The van der Waals surface area contributed by atoms with Gasteiger partial charge in [-0.05, 0) is 30.2 Å². The maximum Gasteiger partial charge on any atom is 0.283 e. The minimum absolute atomic E-state index is 0.00661. The van der Waals surface area contributed by atoms with E-state index in [0.29, 0.717) is 0 Å². The summed E-state index contributed by atoms with van der Waals surface area (Å²) in [5.41, 5.74) is 1.77. The molecule has 3 rings (SSSR count). The Morgan fingerprint density at radius 1 is 1.32 bits per heavy atom. The predicted octanol–water partition coefficient (Wildman–Crippen LogP) is 3.40. The number of carbonyl (C=O) groups is 1. The number of hydrogen-bond acceptors (Lipinski definition) is 5. The molecule has 8 heteroatoms. The van der Waals surface area contributed by atoms with Crippen LogP contribution in [0, 0.1) is 10.1 Å². The lowest BCUT2D eigenvalue weighted by Gasteiger charge is -2.31. The zero-order valence-electron chi connectivity index (χ0n) is 15.6. The molecule has 1 N–H and O–H groups in total. The molecule has 0 aromatic heterocycles. The molecule has 1 atom stereocenters. The molecule has 0 bridgehead atoms. The quantitative estimate of drug-likeness (QED) is 0.590. The number of nitrogens with one attached hydrogen (secondary N) is 1. The number of hydrogen-bond donors (Lipinski definition) is 1. The number of rotatable bonds is 6. The molecule has 1 fully saturated rings. The molecule has 2 aromatic carbocycles. The van der Waals surface area contributed by atoms with Crippen molar-refractivity contribution >= 4 is 23.2 Å².